The number of para-hydroxylation sites is 1. The number of methoxy groups -OCH3 is 2. The first-order valence-electron chi connectivity index (χ1n) is 9.36. The Kier molecular flexibility index (Phi) is 5.11. The Hall–Kier alpha value is -3.13. The van der Waals surface area contributed by atoms with Crippen LogP contribution < -0.4 is 4.74 Å². The van der Waals surface area contributed by atoms with Crippen LogP contribution in [0.2, 0.25) is 0 Å². The van der Waals surface area contributed by atoms with E-state index in [0.29, 0.717) is 22.6 Å². The van der Waals surface area contributed by atoms with Gasteiger partial charge in [-0.05, 0) is 54.7 Å². The second-order valence-electron chi connectivity index (χ2n) is 7.03. The average Bonchev–Trinajstić information content (AvgIpc) is 3.51. The summed E-state index contributed by atoms with van der Waals surface area (Å²) >= 11 is 0. The molecule has 1 fully saturated rings. The van der Waals surface area contributed by atoms with E-state index in [1.54, 1.807) is 24.3 Å². The molecule has 6 nitrogen and oxygen atoms in total. The van der Waals surface area contributed by atoms with Crippen molar-refractivity contribution in [2.24, 2.45) is 0 Å². The lowest BCUT2D eigenvalue weighted by Gasteiger charge is -2.15. The van der Waals surface area contributed by atoms with Gasteiger partial charge in [0.15, 0.2) is 0 Å². The lowest BCUT2D eigenvalue weighted by atomic mass is 10.0. The van der Waals surface area contributed by atoms with E-state index in [1.807, 2.05) is 0 Å². The zero-order chi connectivity index (χ0) is 21.5. The molecule has 1 aliphatic rings. The van der Waals surface area contributed by atoms with E-state index < -0.39 is 21.8 Å². The van der Waals surface area contributed by atoms with Crippen molar-refractivity contribution in [3.63, 3.8) is 0 Å². The van der Waals surface area contributed by atoms with Gasteiger partial charge in [0.05, 0.1) is 30.4 Å². The number of nitrogens with zero attached hydrogens (tertiary/aromatic N) is 1. The number of carbonyl (C=O) groups excluding carboxylic acids is 1. The highest BCUT2D eigenvalue weighted by atomic mass is 32.2. The number of benzene rings is 2. The molecule has 0 unspecified atom stereocenters. The first-order valence-corrected chi connectivity index (χ1v) is 10.8. The molecule has 0 N–H and O–H groups in total. The third-order valence-corrected chi connectivity index (χ3v) is 6.77. The van der Waals surface area contributed by atoms with Gasteiger partial charge in [0, 0.05) is 11.8 Å². The molecule has 1 aliphatic carbocycles. The van der Waals surface area contributed by atoms with Gasteiger partial charge in [-0.25, -0.2) is 21.6 Å². The van der Waals surface area contributed by atoms with Crippen LogP contribution in [0.1, 0.15) is 34.7 Å². The molecule has 8 heteroatoms. The Morgan fingerprint density at radius 3 is 2.47 bits per heavy atom. The van der Waals surface area contributed by atoms with E-state index in [1.165, 1.54) is 38.6 Å². The van der Waals surface area contributed by atoms with Gasteiger partial charge in [0.2, 0.25) is 0 Å². The topological polar surface area (TPSA) is 74.6 Å². The minimum absolute atomic E-state index is 0.0305. The smallest absolute Gasteiger partial charge is 0.339 e. The maximum Gasteiger partial charge on any atom is 0.339 e. The number of rotatable bonds is 6. The molecule has 0 aliphatic heterocycles. The van der Waals surface area contributed by atoms with Gasteiger partial charge in [0.1, 0.15) is 11.6 Å². The van der Waals surface area contributed by atoms with Gasteiger partial charge in [-0.15, -0.1) is 0 Å². The fraction of sp³-hybridized carbons (Fsp3) is 0.227. The van der Waals surface area contributed by atoms with Gasteiger partial charge in [-0.1, -0.05) is 18.2 Å². The lowest BCUT2D eigenvalue weighted by Crippen LogP contribution is -2.14. The average molecular weight is 429 g/mol. The summed E-state index contributed by atoms with van der Waals surface area (Å²) in [6.45, 7) is 0. The van der Waals surface area contributed by atoms with Crippen LogP contribution in [0, 0.1) is 5.82 Å². The van der Waals surface area contributed by atoms with Crippen LogP contribution in [0.3, 0.4) is 0 Å². The monoisotopic (exact) mass is 429 g/mol. The molecule has 30 heavy (non-hydrogen) atoms. The fourth-order valence-electron chi connectivity index (χ4n) is 3.59. The number of carbonyl (C=O) groups is 1. The molecule has 1 aromatic heterocycles. The van der Waals surface area contributed by atoms with Crippen molar-refractivity contribution in [1.82, 2.24) is 3.97 Å². The Morgan fingerprint density at radius 2 is 1.83 bits per heavy atom. The third kappa shape index (κ3) is 3.37. The van der Waals surface area contributed by atoms with E-state index in [0.717, 1.165) is 22.9 Å². The molecule has 0 atom stereocenters. The number of hydrogen-bond acceptors (Lipinski definition) is 5. The second kappa shape index (κ2) is 7.60. The fourth-order valence-corrected chi connectivity index (χ4v) is 5.01. The van der Waals surface area contributed by atoms with Gasteiger partial charge >= 0.3 is 5.97 Å². The van der Waals surface area contributed by atoms with Gasteiger partial charge in [-0.2, -0.15) is 0 Å². The summed E-state index contributed by atoms with van der Waals surface area (Å²) in [5.74, 6) is -0.800. The molecule has 0 radical (unpaired) electrons. The minimum atomic E-state index is -4.20. The largest absolute Gasteiger partial charge is 0.496 e. The third-order valence-electron chi connectivity index (χ3n) is 5.12. The van der Waals surface area contributed by atoms with E-state index in [4.69, 9.17) is 9.47 Å². The van der Waals surface area contributed by atoms with Crippen molar-refractivity contribution in [2.45, 2.75) is 23.7 Å². The van der Waals surface area contributed by atoms with E-state index in [2.05, 4.69) is 0 Å². The number of hydrogen-bond donors (Lipinski definition) is 0. The van der Waals surface area contributed by atoms with Gasteiger partial charge < -0.3 is 9.47 Å². The Bertz CT molecular complexity index is 1230. The summed E-state index contributed by atoms with van der Waals surface area (Å²) in [6.07, 6.45) is 2.92. The molecule has 0 spiro atoms. The molecule has 1 saturated carbocycles. The summed E-state index contributed by atoms with van der Waals surface area (Å²) in [6, 6.07) is 11.8. The lowest BCUT2D eigenvalue weighted by molar-refractivity contribution is 0.0599. The maximum atomic E-state index is 13.8. The highest BCUT2D eigenvalue weighted by Crippen LogP contribution is 2.49. The van der Waals surface area contributed by atoms with Crippen molar-refractivity contribution in [1.29, 1.82) is 0 Å². The van der Waals surface area contributed by atoms with E-state index >= 15 is 0 Å². The van der Waals surface area contributed by atoms with Crippen molar-refractivity contribution < 1.29 is 27.1 Å². The van der Waals surface area contributed by atoms with Crippen molar-refractivity contribution in [3.8, 4) is 17.0 Å². The molecule has 0 amide bonds. The Labute approximate surface area is 173 Å². The van der Waals surface area contributed by atoms with E-state index in [9.17, 15) is 17.6 Å². The molecule has 2 aromatic carbocycles. The zero-order valence-corrected chi connectivity index (χ0v) is 17.3. The second-order valence-corrected chi connectivity index (χ2v) is 8.84. The maximum absolute atomic E-state index is 13.8. The van der Waals surface area contributed by atoms with Crippen molar-refractivity contribution in [3.05, 3.63) is 71.7 Å². The highest BCUT2D eigenvalue weighted by Gasteiger charge is 2.37. The molecule has 0 bridgehead atoms. The molecular weight excluding hydrogens is 409 g/mol. The van der Waals surface area contributed by atoms with Crippen LogP contribution in [0.25, 0.3) is 11.3 Å². The normalized spacial score (nSPS) is 13.8. The van der Waals surface area contributed by atoms with Gasteiger partial charge in [-0.3, -0.25) is 0 Å². The van der Waals surface area contributed by atoms with Crippen LogP contribution in [-0.4, -0.2) is 32.6 Å². The first-order chi connectivity index (χ1) is 14.4. The summed E-state index contributed by atoms with van der Waals surface area (Å²) < 4.78 is 52.2. The van der Waals surface area contributed by atoms with E-state index in [-0.39, 0.29) is 16.4 Å². The Morgan fingerprint density at radius 1 is 1.10 bits per heavy atom. The number of esters is 1. The molecule has 156 valence electrons. The molecule has 0 saturated heterocycles. The van der Waals surface area contributed by atoms with Crippen molar-refractivity contribution in [2.75, 3.05) is 14.2 Å². The number of ether oxygens (including phenoxy) is 2. The summed E-state index contributed by atoms with van der Waals surface area (Å²) in [4.78, 5) is 12.3. The van der Waals surface area contributed by atoms with Gasteiger partial charge in [0.25, 0.3) is 10.0 Å². The summed E-state index contributed by atoms with van der Waals surface area (Å²) in [5, 5.41) is 0. The summed E-state index contributed by atoms with van der Waals surface area (Å²) in [7, 11) is -1.46. The predicted molar refractivity (Wildman–Crippen MR) is 109 cm³/mol. The standard InChI is InChI=1S/C22H20FNO5S/c1-28-19-9-4-3-8-17(19)21-20(14-10-11-14)18(22(25)29-2)13-24(21)30(26,27)16-7-5-6-15(23)12-16/h3-9,12-14H,10-11H2,1-2H3. The van der Waals surface area contributed by atoms with Crippen LogP contribution in [0.5, 0.6) is 5.75 Å². The minimum Gasteiger partial charge on any atom is -0.496 e. The SMILES string of the molecule is COC(=O)c1cn(S(=O)(=O)c2cccc(F)c2)c(-c2ccccc2OC)c1C1CC1. The number of halogens is 1. The zero-order valence-electron chi connectivity index (χ0n) is 16.5. The van der Waals surface area contributed by atoms with Crippen LogP contribution in [-0.2, 0) is 14.8 Å². The van der Waals surface area contributed by atoms with Crippen LogP contribution in [0.4, 0.5) is 4.39 Å². The quantitative estimate of drug-likeness (QED) is 0.549. The molecule has 3 aromatic rings. The number of aromatic nitrogens is 1. The Balaban J connectivity index is 2.07. The summed E-state index contributed by atoms with van der Waals surface area (Å²) in [5.41, 5.74) is 1.64. The first kappa shape index (κ1) is 20.2. The molecular formula is C22H20FNO5S. The van der Waals surface area contributed by atoms with Crippen LogP contribution >= 0.6 is 0 Å². The molecule has 1 heterocycles. The molecule has 4 rings (SSSR count). The van der Waals surface area contributed by atoms with Crippen molar-refractivity contribution >= 4 is 16.0 Å². The predicted octanol–water partition coefficient (Wildman–Crippen LogP) is 4.20. The van der Waals surface area contributed by atoms with Crippen LogP contribution in [0.15, 0.2) is 59.6 Å². The highest BCUT2D eigenvalue weighted by molar-refractivity contribution is 7.90.